The van der Waals surface area contributed by atoms with Crippen LogP contribution < -0.4 is 5.32 Å². The fourth-order valence-corrected chi connectivity index (χ4v) is 3.76. The Kier molecular flexibility index (Phi) is 6.79. The maximum Gasteiger partial charge on any atom is 0.0110 e. The predicted octanol–water partition coefficient (Wildman–Crippen LogP) is 2.43. The molecule has 2 fully saturated rings. The minimum Gasteiger partial charge on any atom is -0.313 e. The summed E-state index contributed by atoms with van der Waals surface area (Å²) in [4.78, 5) is 5.26. The molecule has 1 aliphatic carbocycles. The summed E-state index contributed by atoms with van der Waals surface area (Å²) in [6.07, 6.45) is 5.65. The van der Waals surface area contributed by atoms with Gasteiger partial charge >= 0.3 is 0 Å². The van der Waals surface area contributed by atoms with Crippen molar-refractivity contribution in [2.24, 2.45) is 11.8 Å². The van der Waals surface area contributed by atoms with Crippen LogP contribution in [0.1, 0.15) is 46.5 Å². The topological polar surface area (TPSA) is 18.5 Å². The van der Waals surface area contributed by atoms with Gasteiger partial charge in [-0.25, -0.2) is 0 Å². The molecule has 3 heteroatoms. The highest BCUT2D eigenvalue weighted by atomic mass is 15.3. The zero-order valence-corrected chi connectivity index (χ0v) is 13.9. The molecule has 0 amide bonds. The van der Waals surface area contributed by atoms with Gasteiger partial charge < -0.3 is 10.2 Å². The second kappa shape index (κ2) is 8.35. The Morgan fingerprint density at radius 2 is 1.75 bits per heavy atom. The smallest absolute Gasteiger partial charge is 0.0110 e. The van der Waals surface area contributed by atoms with Crippen molar-refractivity contribution in [2.75, 3.05) is 45.8 Å². The van der Waals surface area contributed by atoms with Gasteiger partial charge in [0.25, 0.3) is 0 Å². The lowest BCUT2D eigenvalue weighted by atomic mass is 9.87. The molecule has 1 heterocycles. The molecule has 1 saturated heterocycles. The number of piperazine rings is 1. The average molecular weight is 281 g/mol. The molecule has 2 atom stereocenters. The molecule has 20 heavy (non-hydrogen) atoms. The van der Waals surface area contributed by atoms with Gasteiger partial charge in [-0.2, -0.15) is 0 Å². The van der Waals surface area contributed by atoms with Crippen LogP contribution in [0.25, 0.3) is 0 Å². The van der Waals surface area contributed by atoms with E-state index in [9.17, 15) is 0 Å². The SMILES string of the molecule is CC(C)CN1CCN(CCNC2CCCC(C)C2)CC1. The fraction of sp³-hybridized carbons (Fsp3) is 1.00. The summed E-state index contributed by atoms with van der Waals surface area (Å²) in [5.74, 6) is 1.73. The zero-order valence-electron chi connectivity index (χ0n) is 13.9. The molecule has 0 bridgehead atoms. The molecular formula is C17H35N3. The number of nitrogens with one attached hydrogen (secondary N) is 1. The third kappa shape index (κ3) is 5.71. The van der Waals surface area contributed by atoms with Crippen molar-refractivity contribution in [2.45, 2.75) is 52.5 Å². The summed E-state index contributed by atoms with van der Waals surface area (Å²) in [6, 6.07) is 0.793. The van der Waals surface area contributed by atoms with Gasteiger partial charge in [-0.1, -0.05) is 33.6 Å². The molecule has 1 saturated carbocycles. The van der Waals surface area contributed by atoms with Gasteiger partial charge in [-0.3, -0.25) is 4.90 Å². The number of hydrogen-bond donors (Lipinski definition) is 1. The van der Waals surface area contributed by atoms with E-state index in [4.69, 9.17) is 0 Å². The van der Waals surface area contributed by atoms with Gasteiger partial charge in [-0.15, -0.1) is 0 Å². The van der Waals surface area contributed by atoms with E-state index in [-0.39, 0.29) is 0 Å². The summed E-state index contributed by atoms with van der Waals surface area (Å²) >= 11 is 0. The molecule has 0 radical (unpaired) electrons. The molecule has 0 aromatic heterocycles. The van der Waals surface area contributed by atoms with E-state index in [0.29, 0.717) is 0 Å². The molecule has 2 unspecified atom stereocenters. The lowest BCUT2D eigenvalue weighted by Crippen LogP contribution is -2.49. The molecule has 2 aliphatic rings. The van der Waals surface area contributed by atoms with E-state index < -0.39 is 0 Å². The second-order valence-electron chi connectivity index (χ2n) is 7.46. The van der Waals surface area contributed by atoms with Crippen LogP contribution in [0, 0.1) is 11.8 Å². The van der Waals surface area contributed by atoms with E-state index in [1.54, 1.807) is 0 Å². The first-order valence-corrected chi connectivity index (χ1v) is 8.81. The molecule has 0 aromatic carbocycles. The highest BCUT2D eigenvalue weighted by molar-refractivity contribution is 4.77. The highest BCUT2D eigenvalue weighted by Crippen LogP contribution is 2.23. The van der Waals surface area contributed by atoms with Crippen molar-refractivity contribution in [3.05, 3.63) is 0 Å². The van der Waals surface area contributed by atoms with Crippen molar-refractivity contribution in [1.82, 2.24) is 15.1 Å². The van der Waals surface area contributed by atoms with Gasteiger partial charge in [-0.05, 0) is 24.7 Å². The molecular weight excluding hydrogens is 246 g/mol. The summed E-state index contributed by atoms with van der Waals surface area (Å²) in [5.41, 5.74) is 0. The van der Waals surface area contributed by atoms with E-state index in [1.165, 1.54) is 71.5 Å². The average Bonchev–Trinajstić information content (AvgIpc) is 2.40. The van der Waals surface area contributed by atoms with Crippen molar-refractivity contribution in [3.63, 3.8) is 0 Å². The Labute approximate surface area is 126 Å². The van der Waals surface area contributed by atoms with Crippen LogP contribution in [0.4, 0.5) is 0 Å². The maximum atomic E-state index is 3.79. The summed E-state index contributed by atoms with van der Waals surface area (Å²) in [7, 11) is 0. The lowest BCUT2D eigenvalue weighted by Gasteiger charge is -2.36. The first-order valence-electron chi connectivity index (χ1n) is 8.81. The van der Waals surface area contributed by atoms with Crippen LogP contribution in [0.15, 0.2) is 0 Å². The van der Waals surface area contributed by atoms with Gasteiger partial charge in [0.2, 0.25) is 0 Å². The molecule has 118 valence electrons. The number of hydrogen-bond acceptors (Lipinski definition) is 3. The first kappa shape index (κ1) is 16.3. The van der Waals surface area contributed by atoms with Crippen LogP contribution >= 0.6 is 0 Å². The Morgan fingerprint density at radius 3 is 2.40 bits per heavy atom. The Hall–Kier alpha value is -0.120. The van der Waals surface area contributed by atoms with Crippen LogP contribution in [0.5, 0.6) is 0 Å². The predicted molar refractivity (Wildman–Crippen MR) is 87.1 cm³/mol. The van der Waals surface area contributed by atoms with Crippen LogP contribution in [-0.4, -0.2) is 61.7 Å². The number of nitrogens with zero attached hydrogens (tertiary/aromatic N) is 2. The minimum atomic E-state index is 0.793. The normalized spacial score (nSPS) is 30.0. The molecule has 0 aromatic rings. The lowest BCUT2D eigenvalue weighted by molar-refractivity contribution is 0.121. The largest absolute Gasteiger partial charge is 0.313 e. The van der Waals surface area contributed by atoms with Gasteiger partial charge in [0.05, 0.1) is 0 Å². The maximum absolute atomic E-state index is 3.79. The third-order valence-corrected chi connectivity index (χ3v) is 4.89. The molecule has 1 N–H and O–H groups in total. The van der Waals surface area contributed by atoms with E-state index >= 15 is 0 Å². The summed E-state index contributed by atoms with van der Waals surface area (Å²) in [5, 5.41) is 3.79. The monoisotopic (exact) mass is 281 g/mol. The number of rotatable bonds is 6. The van der Waals surface area contributed by atoms with Crippen molar-refractivity contribution >= 4 is 0 Å². The Balaban J connectivity index is 1.54. The molecule has 3 nitrogen and oxygen atoms in total. The van der Waals surface area contributed by atoms with E-state index in [1.807, 2.05) is 0 Å². The van der Waals surface area contributed by atoms with Crippen LogP contribution in [-0.2, 0) is 0 Å². The third-order valence-electron chi connectivity index (χ3n) is 4.89. The Bertz CT molecular complexity index is 259. The van der Waals surface area contributed by atoms with Gasteiger partial charge in [0, 0.05) is 51.9 Å². The minimum absolute atomic E-state index is 0.793. The van der Waals surface area contributed by atoms with Crippen molar-refractivity contribution in [1.29, 1.82) is 0 Å². The summed E-state index contributed by atoms with van der Waals surface area (Å²) < 4.78 is 0. The van der Waals surface area contributed by atoms with E-state index in [2.05, 4.69) is 35.9 Å². The van der Waals surface area contributed by atoms with Gasteiger partial charge in [0.1, 0.15) is 0 Å². The quantitative estimate of drug-likeness (QED) is 0.807. The van der Waals surface area contributed by atoms with E-state index in [0.717, 1.165) is 17.9 Å². The fourth-order valence-electron chi connectivity index (χ4n) is 3.76. The van der Waals surface area contributed by atoms with Crippen molar-refractivity contribution in [3.8, 4) is 0 Å². The summed E-state index contributed by atoms with van der Waals surface area (Å²) in [6.45, 7) is 15.8. The van der Waals surface area contributed by atoms with Crippen LogP contribution in [0.3, 0.4) is 0 Å². The molecule has 2 rings (SSSR count). The second-order valence-corrected chi connectivity index (χ2v) is 7.46. The van der Waals surface area contributed by atoms with Crippen molar-refractivity contribution < 1.29 is 0 Å². The molecule has 1 aliphatic heterocycles. The van der Waals surface area contributed by atoms with Gasteiger partial charge in [0.15, 0.2) is 0 Å². The highest BCUT2D eigenvalue weighted by Gasteiger charge is 2.20. The first-order chi connectivity index (χ1) is 9.63. The Morgan fingerprint density at radius 1 is 1.05 bits per heavy atom. The standard InChI is InChI=1S/C17H35N3/c1-15(2)14-20-11-9-19(10-12-20)8-7-18-17-6-4-5-16(3)13-17/h15-18H,4-14H2,1-3H3. The molecule has 0 spiro atoms. The van der Waals surface area contributed by atoms with Crippen LogP contribution in [0.2, 0.25) is 0 Å². The zero-order chi connectivity index (χ0) is 14.4.